The SMILES string of the molecule is O=C1C(c2ccc(F)cc2)=C(N2CCc3ccccc32)C(=O)N1CCc1c[nH]c2ccccc12. The molecule has 3 aromatic carbocycles. The zero-order chi connectivity index (χ0) is 23.2. The topological polar surface area (TPSA) is 56.4 Å². The molecule has 6 rings (SSSR count). The summed E-state index contributed by atoms with van der Waals surface area (Å²) >= 11 is 0. The zero-order valence-electron chi connectivity index (χ0n) is 18.4. The lowest BCUT2D eigenvalue weighted by atomic mass is 10.0. The van der Waals surface area contributed by atoms with Crippen LogP contribution in [0.5, 0.6) is 0 Å². The molecule has 0 unspecified atom stereocenters. The van der Waals surface area contributed by atoms with Crippen molar-refractivity contribution in [2.24, 2.45) is 0 Å². The van der Waals surface area contributed by atoms with Crippen molar-refractivity contribution in [3.63, 3.8) is 0 Å². The molecule has 2 aliphatic heterocycles. The van der Waals surface area contributed by atoms with Crippen molar-refractivity contribution in [3.8, 4) is 0 Å². The summed E-state index contributed by atoms with van der Waals surface area (Å²) in [6.07, 6.45) is 3.27. The molecule has 0 radical (unpaired) electrons. The van der Waals surface area contributed by atoms with Crippen molar-refractivity contribution in [1.82, 2.24) is 9.88 Å². The number of hydrogen-bond acceptors (Lipinski definition) is 3. The molecule has 3 heterocycles. The second-order valence-corrected chi connectivity index (χ2v) is 8.63. The van der Waals surface area contributed by atoms with Crippen LogP contribution < -0.4 is 4.90 Å². The van der Waals surface area contributed by atoms with E-state index in [9.17, 15) is 14.0 Å². The summed E-state index contributed by atoms with van der Waals surface area (Å²) < 4.78 is 13.6. The van der Waals surface area contributed by atoms with E-state index < -0.39 is 0 Å². The summed E-state index contributed by atoms with van der Waals surface area (Å²) in [6, 6.07) is 21.7. The molecule has 1 aromatic heterocycles. The minimum absolute atomic E-state index is 0.267. The molecule has 0 saturated carbocycles. The van der Waals surface area contributed by atoms with Crippen LogP contribution in [-0.2, 0) is 22.4 Å². The Hall–Kier alpha value is -4.19. The molecule has 6 heteroatoms. The number of halogens is 1. The lowest BCUT2D eigenvalue weighted by molar-refractivity contribution is -0.136. The number of hydrogen-bond donors (Lipinski definition) is 1. The normalized spacial score (nSPS) is 15.7. The molecule has 34 heavy (non-hydrogen) atoms. The first-order valence-corrected chi connectivity index (χ1v) is 11.4. The van der Waals surface area contributed by atoms with Gasteiger partial charge in [-0.05, 0) is 53.8 Å². The molecule has 0 saturated heterocycles. The standard InChI is InChI=1S/C28H22FN3O2/c29-21-11-9-19(10-12-21)25-26(31-15-13-18-5-1-4-8-24(18)31)28(34)32(27(25)33)16-14-20-17-30-23-7-3-2-6-22(20)23/h1-12,17,30H,13-16H2. The molecule has 2 aliphatic rings. The van der Waals surface area contributed by atoms with Gasteiger partial charge < -0.3 is 9.88 Å². The highest BCUT2D eigenvalue weighted by molar-refractivity contribution is 6.36. The van der Waals surface area contributed by atoms with Crippen LogP contribution in [0, 0.1) is 5.82 Å². The molecule has 0 atom stereocenters. The van der Waals surface area contributed by atoms with Gasteiger partial charge in [-0.2, -0.15) is 0 Å². The number of anilines is 1. The van der Waals surface area contributed by atoms with E-state index in [0.717, 1.165) is 34.1 Å². The van der Waals surface area contributed by atoms with Gasteiger partial charge in [-0.15, -0.1) is 0 Å². The molecule has 5 nitrogen and oxygen atoms in total. The van der Waals surface area contributed by atoms with Crippen LogP contribution in [0.25, 0.3) is 16.5 Å². The third kappa shape index (κ3) is 3.22. The van der Waals surface area contributed by atoms with Gasteiger partial charge in [0.1, 0.15) is 11.5 Å². The summed E-state index contributed by atoms with van der Waals surface area (Å²) in [5.41, 5.74) is 5.42. The summed E-state index contributed by atoms with van der Waals surface area (Å²) in [5.74, 6) is -1.03. The maximum absolute atomic E-state index is 13.7. The number of fused-ring (bicyclic) bond motifs is 2. The molecule has 2 amide bonds. The number of benzene rings is 3. The van der Waals surface area contributed by atoms with Crippen LogP contribution in [0.15, 0.2) is 84.7 Å². The first-order chi connectivity index (χ1) is 16.6. The number of rotatable bonds is 5. The maximum atomic E-state index is 13.7. The van der Waals surface area contributed by atoms with E-state index in [2.05, 4.69) is 4.98 Å². The average Bonchev–Trinajstić information content (AvgIpc) is 3.53. The van der Waals surface area contributed by atoms with Gasteiger partial charge in [-0.3, -0.25) is 14.5 Å². The van der Waals surface area contributed by atoms with E-state index in [4.69, 9.17) is 0 Å². The van der Waals surface area contributed by atoms with Gasteiger partial charge in [0.15, 0.2) is 0 Å². The summed E-state index contributed by atoms with van der Waals surface area (Å²) in [4.78, 5) is 33.9. The van der Waals surface area contributed by atoms with Gasteiger partial charge in [0.2, 0.25) is 0 Å². The molecule has 0 fully saturated rings. The number of H-pyrrole nitrogens is 1. The highest BCUT2D eigenvalue weighted by atomic mass is 19.1. The van der Waals surface area contributed by atoms with Crippen molar-refractivity contribution >= 4 is 34.0 Å². The minimum Gasteiger partial charge on any atom is -0.361 e. The molecule has 0 spiro atoms. The zero-order valence-corrected chi connectivity index (χ0v) is 18.4. The third-order valence-corrected chi connectivity index (χ3v) is 6.71. The van der Waals surface area contributed by atoms with Crippen molar-refractivity contribution < 1.29 is 14.0 Å². The van der Waals surface area contributed by atoms with Crippen LogP contribution in [-0.4, -0.2) is 34.8 Å². The van der Waals surface area contributed by atoms with E-state index in [1.807, 2.05) is 59.6 Å². The average molecular weight is 452 g/mol. The van der Waals surface area contributed by atoms with E-state index >= 15 is 0 Å². The Morgan fingerprint density at radius 1 is 0.882 bits per heavy atom. The number of aromatic nitrogens is 1. The third-order valence-electron chi connectivity index (χ3n) is 6.71. The number of imide groups is 1. The van der Waals surface area contributed by atoms with Crippen molar-refractivity contribution in [2.45, 2.75) is 12.8 Å². The van der Waals surface area contributed by atoms with Crippen LogP contribution in [0.1, 0.15) is 16.7 Å². The Balaban J connectivity index is 1.37. The van der Waals surface area contributed by atoms with Crippen molar-refractivity contribution in [3.05, 3.63) is 107 Å². The smallest absolute Gasteiger partial charge is 0.278 e. The predicted octanol–water partition coefficient (Wildman–Crippen LogP) is 4.69. The molecule has 0 aliphatic carbocycles. The highest BCUT2D eigenvalue weighted by Crippen LogP contribution is 2.38. The van der Waals surface area contributed by atoms with E-state index in [-0.39, 0.29) is 24.2 Å². The number of para-hydroxylation sites is 2. The minimum atomic E-state index is -0.384. The predicted molar refractivity (Wildman–Crippen MR) is 130 cm³/mol. The lowest BCUT2D eigenvalue weighted by Gasteiger charge is -2.21. The first-order valence-electron chi connectivity index (χ1n) is 11.4. The quantitative estimate of drug-likeness (QED) is 0.448. The van der Waals surface area contributed by atoms with E-state index in [1.165, 1.54) is 17.0 Å². The summed E-state index contributed by atoms with van der Waals surface area (Å²) in [5, 5.41) is 1.09. The largest absolute Gasteiger partial charge is 0.361 e. The fourth-order valence-corrected chi connectivity index (χ4v) is 5.03. The second-order valence-electron chi connectivity index (χ2n) is 8.63. The molecule has 1 N–H and O–H groups in total. The van der Waals surface area contributed by atoms with E-state index in [0.29, 0.717) is 29.8 Å². The summed E-state index contributed by atoms with van der Waals surface area (Å²) in [7, 11) is 0. The van der Waals surface area contributed by atoms with Crippen molar-refractivity contribution in [1.29, 1.82) is 0 Å². The number of aromatic amines is 1. The Kier molecular flexibility index (Phi) is 4.80. The van der Waals surface area contributed by atoms with Gasteiger partial charge in [-0.25, -0.2) is 4.39 Å². The van der Waals surface area contributed by atoms with Crippen LogP contribution in [0.3, 0.4) is 0 Å². The van der Waals surface area contributed by atoms with Gasteiger partial charge in [0, 0.05) is 35.9 Å². The number of carbonyl (C=O) groups is 2. The van der Waals surface area contributed by atoms with Gasteiger partial charge in [0.05, 0.1) is 5.57 Å². The maximum Gasteiger partial charge on any atom is 0.278 e. The second kappa shape index (κ2) is 7.99. The Labute approximate surface area is 196 Å². The fraction of sp³-hybridized carbons (Fsp3) is 0.143. The number of amides is 2. The Morgan fingerprint density at radius 2 is 1.65 bits per heavy atom. The molecule has 4 aromatic rings. The van der Waals surface area contributed by atoms with Gasteiger partial charge in [0.25, 0.3) is 11.8 Å². The van der Waals surface area contributed by atoms with Crippen LogP contribution >= 0.6 is 0 Å². The van der Waals surface area contributed by atoms with Gasteiger partial charge >= 0.3 is 0 Å². The van der Waals surface area contributed by atoms with E-state index in [1.54, 1.807) is 12.1 Å². The van der Waals surface area contributed by atoms with Crippen LogP contribution in [0.2, 0.25) is 0 Å². The molecular weight excluding hydrogens is 429 g/mol. The molecule has 168 valence electrons. The Bertz CT molecular complexity index is 1470. The molecular formula is C28H22FN3O2. The number of nitrogens with one attached hydrogen (secondary N) is 1. The van der Waals surface area contributed by atoms with Crippen LogP contribution in [0.4, 0.5) is 10.1 Å². The van der Waals surface area contributed by atoms with Crippen molar-refractivity contribution in [2.75, 3.05) is 18.0 Å². The number of carbonyl (C=O) groups excluding carboxylic acids is 2. The molecule has 0 bridgehead atoms. The fourth-order valence-electron chi connectivity index (χ4n) is 5.03. The number of nitrogens with zero attached hydrogens (tertiary/aromatic N) is 2. The Morgan fingerprint density at radius 3 is 2.50 bits per heavy atom. The summed E-state index contributed by atoms with van der Waals surface area (Å²) in [6.45, 7) is 0.887. The monoisotopic (exact) mass is 451 g/mol. The first kappa shape index (κ1) is 20.4. The van der Waals surface area contributed by atoms with Gasteiger partial charge in [-0.1, -0.05) is 48.5 Å². The lowest BCUT2D eigenvalue weighted by Crippen LogP contribution is -2.36. The highest BCUT2D eigenvalue weighted by Gasteiger charge is 2.43.